The van der Waals surface area contributed by atoms with Crippen LogP contribution >= 0.6 is 11.6 Å². The Morgan fingerprint density at radius 3 is 2.60 bits per heavy atom. The molecular weight excluding hydrogens is 280 g/mol. The van der Waals surface area contributed by atoms with Gasteiger partial charge in [0.15, 0.2) is 0 Å². The van der Waals surface area contributed by atoms with Crippen LogP contribution in [0.25, 0.3) is 0 Å². The molecule has 1 heterocycles. The lowest BCUT2D eigenvalue weighted by Crippen LogP contribution is -2.11. The first-order valence-corrected chi connectivity index (χ1v) is 6.21. The van der Waals surface area contributed by atoms with E-state index in [0.29, 0.717) is 0 Å². The van der Waals surface area contributed by atoms with Crippen LogP contribution < -0.4 is 10.2 Å². The Bertz CT molecular complexity index is 646. The summed E-state index contributed by atoms with van der Waals surface area (Å²) in [6.45, 7) is 0. The summed E-state index contributed by atoms with van der Waals surface area (Å²) in [5, 5.41) is 14.2. The van der Waals surface area contributed by atoms with Gasteiger partial charge in [-0.15, -0.1) is 0 Å². The Morgan fingerprint density at radius 1 is 1.25 bits per heavy atom. The number of nitrogens with zero attached hydrogens (tertiary/aromatic N) is 3. The van der Waals surface area contributed by atoms with E-state index in [4.69, 9.17) is 11.6 Å². The van der Waals surface area contributed by atoms with Gasteiger partial charge >= 0.3 is 5.69 Å². The van der Waals surface area contributed by atoms with E-state index >= 15 is 0 Å². The zero-order chi connectivity index (χ0) is 14.7. The molecule has 0 saturated carbocycles. The number of anilines is 3. The fraction of sp³-hybridized carbons (Fsp3) is 0.154. The van der Waals surface area contributed by atoms with E-state index in [-0.39, 0.29) is 16.7 Å². The molecule has 0 aliphatic rings. The lowest BCUT2D eigenvalue weighted by molar-refractivity contribution is -0.384. The smallest absolute Gasteiger partial charge is 0.311 e. The molecule has 2 aromatic rings. The van der Waals surface area contributed by atoms with Gasteiger partial charge in [-0.2, -0.15) is 0 Å². The molecule has 0 radical (unpaired) electrons. The number of pyridine rings is 1. The van der Waals surface area contributed by atoms with Gasteiger partial charge in [0.2, 0.25) is 5.82 Å². The van der Waals surface area contributed by atoms with Gasteiger partial charge in [-0.05, 0) is 18.2 Å². The summed E-state index contributed by atoms with van der Waals surface area (Å²) in [6.07, 6.45) is 0. The van der Waals surface area contributed by atoms with Gasteiger partial charge in [0.05, 0.1) is 16.3 Å². The SMILES string of the molecule is CN(C)c1ccccc1Nc1nc(Cl)ccc1[N+](=O)[O-]. The summed E-state index contributed by atoms with van der Waals surface area (Å²) in [7, 11) is 3.78. The summed E-state index contributed by atoms with van der Waals surface area (Å²) >= 11 is 5.81. The van der Waals surface area contributed by atoms with E-state index in [0.717, 1.165) is 11.4 Å². The molecule has 7 heteroatoms. The van der Waals surface area contributed by atoms with Crippen molar-refractivity contribution in [2.45, 2.75) is 0 Å². The van der Waals surface area contributed by atoms with Crippen molar-refractivity contribution in [2.75, 3.05) is 24.3 Å². The average molecular weight is 293 g/mol. The Hall–Kier alpha value is -2.34. The predicted molar refractivity (Wildman–Crippen MR) is 80.0 cm³/mol. The van der Waals surface area contributed by atoms with Gasteiger partial charge in [0.25, 0.3) is 0 Å². The highest BCUT2D eigenvalue weighted by Crippen LogP contribution is 2.31. The van der Waals surface area contributed by atoms with Gasteiger partial charge in [0.1, 0.15) is 5.15 Å². The van der Waals surface area contributed by atoms with Crippen LogP contribution in [0.15, 0.2) is 36.4 Å². The Balaban J connectivity index is 2.45. The van der Waals surface area contributed by atoms with E-state index in [2.05, 4.69) is 10.3 Å². The summed E-state index contributed by atoms with van der Waals surface area (Å²) in [5.74, 6) is 0.122. The molecule has 2 rings (SSSR count). The highest BCUT2D eigenvalue weighted by molar-refractivity contribution is 6.29. The van der Waals surface area contributed by atoms with E-state index < -0.39 is 4.92 Å². The third-order valence-corrected chi connectivity index (χ3v) is 2.89. The molecule has 0 atom stereocenters. The first-order chi connectivity index (χ1) is 9.49. The number of para-hydroxylation sites is 2. The van der Waals surface area contributed by atoms with Crippen molar-refractivity contribution < 1.29 is 4.92 Å². The Kier molecular flexibility index (Phi) is 4.05. The quantitative estimate of drug-likeness (QED) is 0.531. The molecule has 0 saturated heterocycles. The fourth-order valence-electron chi connectivity index (χ4n) is 1.76. The number of rotatable bonds is 4. The van der Waals surface area contributed by atoms with E-state index in [1.165, 1.54) is 12.1 Å². The summed E-state index contributed by atoms with van der Waals surface area (Å²) in [6, 6.07) is 10.2. The van der Waals surface area contributed by atoms with Crippen LogP contribution in [0.3, 0.4) is 0 Å². The third-order valence-electron chi connectivity index (χ3n) is 2.68. The molecular formula is C13H13ClN4O2. The zero-order valence-corrected chi connectivity index (χ0v) is 11.8. The highest BCUT2D eigenvalue weighted by atomic mass is 35.5. The minimum atomic E-state index is -0.496. The van der Waals surface area contributed by atoms with Crippen LogP contribution in [0, 0.1) is 10.1 Å². The van der Waals surface area contributed by atoms with Gasteiger partial charge < -0.3 is 10.2 Å². The number of halogens is 1. The minimum Gasteiger partial charge on any atom is -0.376 e. The molecule has 1 aromatic carbocycles. The van der Waals surface area contributed by atoms with Crippen molar-refractivity contribution in [1.82, 2.24) is 4.98 Å². The van der Waals surface area contributed by atoms with Crippen LogP contribution in [0.2, 0.25) is 5.15 Å². The Labute approximate surface area is 121 Å². The molecule has 1 aromatic heterocycles. The van der Waals surface area contributed by atoms with E-state index in [1.807, 2.05) is 43.3 Å². The number of hydrogen-bond acceptors (Lipinski definition) is 5. The molecule has 0 spiro atoms. The monoisotopic (exact) mass is 292 g/mol. The maximum absolute atomic E-state index is 11.0. The molecule has 1 N–H and O–H groups in total. The molecule has 0 unspecified atom stereocenters. The topological polar surface area (TPSA) is 71.3 Å². The summed E-state index contributed by atoms with van der Waals surface area (Å²) in [5.41, 5.74) is 1.49. The van der Waals surface area contributed by atoms with Crippen LogP contribution in [-0.2, 0) is 0 Å². The number of nitrogens with one attached hydrogen (secondary N) is 1. The molecule has 0 bridgehead atoms. The maximum Gasteiger partial charge on any atom is 0.311 e. The van der Waals surface area contributed by atoms with Crippen LogP contribution in [0.4, 0.5) is 22.9 Å². The highest BCUT2D eigenvalue weighted by Gasteiger charge is 2.17. The van der Waals surface area contributed by atoms with E-state index in [1.54, 1.807) is 0 Å². The fourth-order valence-corrected chi connectivity index (χ4v) is 1.91. The van der Waals surface area contributed by atoms with Crippen molar-refractivity contribution in [3.63, 3.8) is 0 Å². The molecule has 0 fully saturated rings. The lowest BCUT2D eigenvalue weighted by Gasteiger charge is -2.17. The van der Waals surface area contributed by atoms with Gasteiger partial charge in [-0.25, -0.2) is 4.98 Å². The van der Waals surface area contributed by atoms with Crippen molar-refractivity contribution >= 4 is 34.5 Å². The van der Waals surface area contributed by atoms with Gasteiger partial charge in [0, 0.05) is 20.2 Å². The first kappa shape index (κ1) is 14.1. The normalized spacial score (nSPS) is 10.2. The molecule has 0 aliphatic heterocycles. The largest absolute Gasteiger partial charge is 0.376 e. The molecule has 0 amide bonds. The zero-order valence-electron chi connectivity index (χ0n) is 11.0. The average Bonchev–Trinajstić information content (AvgIpc) is 2.38. The van der Waals surface area contributed by atoms with E-state index in [9.17, 15) is 10.1 Å². The van der Waals surface area contributed by atoms with Gasteiger partial charge in [-0.1, -0.05) is 23.7 Å². The Morgan fingerprint density at radius 2 is 1.95 bits per heavy atom. The molecule has 6 nitrogen and oxygen atoms in total. The van der Waals surface area contributed by atoms with Crippen LogP contribution in [0.5, 0.6) is 0 Å². The van der Waals surface area contributed by atoms with Crippen molar-refractivity contribution in [1.29, 1.82) is 0 Å². The lowest BCUT2D eigenvalue weighted by atomic mass is 10.2. The molecule has 20 heavy (non-hydrogen) atoms. The second kappa shape index (κ2) is 5.75. The second-order valence-corrected chi connectivity index (χ2v) is 4.68. The van der Waals surface area contributed by atoms with Crippen molar-refractivity contribution in [2.24, 2.45) is 0 Å². The number of benzene rings is 1. The third kappa shape index (κ3) is 2.97. The minimum absolute atomic E-state index is 0.122. The standard InChI is InChI=1S/C13H13ClN4O2/c1-17(2)10-6-4-3-5-9(10)15-13-11(18(19)20)7-8-12(14)16-13/h3-8H,1-2H3,(H,15,16). The molecule has 0 aliphatic carbocycles. The van der Waals surface area contributed by atoms with Crippen LogP contribution in [0.1, 0.15) is 0 Å². The van der Waals surface area contributed by atoms with Crippen molar-refractivity contribution in [3.8, 4) is 0 Å². The summed E-state index contributed by atoms with van der Waals surface area (Å²) < 4.78 is 0. The molecule has 104 valence electrons. The number of aromatic nitrogens is 1. The first-order valence-electron chi connectivity index (χ1n) is 5.83. The predicted octanol–water partition coefficient (Wildman–Crippen LogP) is 3.45. The maximum atomic E-state index is 11.0. The summed E-state index contributed by atoms with van der Waals surface area (Å²) in [4.78, 5) is 16.4. The number of nitro groups is 1. The van der Waals surface area contributed by atoms with Crippen LogP contribution in [-0.4, -0.2) is 24.0 Å². The van der Waals surface area contributed by atoms with Gasteiger partial charge in [-0.3, -0.25) is 10.1 Å². The van der Waals surface area contributed by atoms with Crippen molar-refractivity contribution in [3.05, 3.63) is 51.7 Å². The second-order valence-electron chi connectivity index (χ2n) is 4.30. The number of hydrogen-bond donors (Lipinski definition) is 1.